The summed E-state index contributed by atoms with van der Waals surface area (Å²) in [5.74, 6) is 0. The van der Waals surface area contributed by atoms with Gasteiger partial charge in [0.15, 0.2) is 11.3 Å². The van der Waals surface area contributed by atoms with Gasteiger partial charge in [-0.3, -0.25) is 4.90 Å². The summed E-state index contributed by atoms with van der Waals surface area (Å²) >= 11 is 0. The Morgan fingerprint density at radius 2 is 1.67 bits per heavy atom. The number of rotatable bonds is 3. The van der Waals surface area contributed by atoms with Gasteiger partial charge in [-0.25, -0.2) is 4.79 Å². The Morgan fingerprint density at radius 3 is 2.29 bits per heavy atom. The molecule has 1 aliphatic rings. The molecule has 0 spiro atoms. The molecule has 21 heavy (non-hydrogen) atoms. The molecule has 1 aromatic heterocycles. The number of likely N-dealkylation sites (N-methyl/N-ethyl adjacent to an activating group) is 1. The molecule has 0 N–H and O–H groups in total. The summed E-state index contributed by atoms with van der Waals surface area (Å²) in [5, 5.41) is 0. The Kier molecular flexibility index (Phi) is 3.04. The summed E-state index contributed by atoms with van der Waals surface area (Å²) in [6.45, 7) is 4.04. The van der Waals surface area contributed by atoms with Gasteiger partial charge in [0.05, 0.1) is 0 Å². The summed E-state index contributed by atoms with van der Waals surface area (Å²) in [5.41, 5.74) is -0.0516. The number of carbonyl (C=O) groups is 1. The molecule has 3 rings (SSSR count). The van der Waals surface area contributed by atoms with Crippen LogP contribution in [-0.2, 0) is 16.8 Å². The van der Waals surface area contributed by atoms with Crippen LogP contribution < -0.4 is 0 Å². The molecule has 2 unspecified atom stereocenters. The first-order chi connectivity index (χ1) is 9.97. The number of nitrogens with zero attached hydrogens (tertiary/aromatic N) is 2. The largest absolute Gasteiger partial charge is 0.438 e. The van der Waals surface area contributed by atoms with E-state index in [0.29, 0.717) is 6.42 Å². The Bertz CT molecular complexity index is 638. The van der Waals surface area contributed by atoms with Crippen LogP contribution in [0.5, 0.6) is 0 Å². The number of cyclic esters (lactones) is 1. The number of hydrogen-bond acceptors (Lipinski definition) is 2. The van der Waals surface area contributed by atoms with Crippen LogP contribution >= 0.6 is 0 Å². The van der Waals surface area contributed by atoms with Crippen LogP contribution in [0.25, 0.3) is 0 Å². The van der Waals surface area contributed by atoms with Crippen molar-refractivity contribution in [3.05, 3.63) is 60.4 Å². The van der Waals surface area contributed by atoms with Crippen molar-refractivity contribution < 1.29 is 9.53 Å². The van der Waals surface area contributed by atoms with Crippen LogP contribution in [-0.4, -0.2) is 28.2 Å². The van der Waals surface area contributed by atoms with Gasteiger partial charge in [0.2, 0.25) is 0 Å². The lowest BCUT2D eigenvalue weighted by Gasteiger charge is -2.42. The third-order valence-corrected chi connectivity index (χ3v) is 4.73. The fourth-order valence-electron chi connectivity index (χ4n) is 3.15. The molecule has 4 nitrogen and oxygen atoms in total. The molecule has 1 amide bonds. The maximum absolute atomic E-state index is 12.2. The predicted molar refractivity (Wildman–Crippen MR) is 80.9 cm³/mol. The van der Waals surface area contributed by atoms with Crippen molar-refractivity contribution in [2.24, 2.45) is 0 Å². The maximum Gasteiger partial charge on any atom is 0.412 e. The monoisotopic (exact) mass is 284 g/mol. The fourth-order valence-corrected chi connectivity index (χ4v) is 3.15. The Morgan fingerprint density at radius 1 is 1.05 bits per heavy atom. The van der Waals surface area contributed by atoms with E-state index < -0.39 is 11.3 Å². The molecule has 2 heterocycles. The van der Waals surface area contributed by atoms with Crippen LogP contribution in [0.4, 0.5) is 4.79 Å². The van der Waals surface area contributed by atoms with Crippen LogP contribution in [0, 0.1) is 0 Å². The van der Waals surface area contributed by atoms with Gasteiger partial charge in [-0.05, 0) is 31.5 Å². The van der Waals surface area contributed by atoms with E-state index in [4.69, 9.17) is 4.74 Å². The van der Waals surface area contributed by atoms with Crippen LogP contribution in [0.15, 0.2) is 54.9 Å². The Hall–Kier alpha value is -2.23. The number of ether oxygens (including phenoxy) is 1. The molecule has 0 radical (unpaired) electrons. The van der Waals surface area contributed by atoms with E-state index in [1.54, 1.807) is 11.9 Å². The number of benzene rings is 1. The third-order valence-electron chi connectivity index (χ3n) is 4.73. The van der Waals surface area contributed by atoms with Gasteiger partial charge in [0.1, 0.15) is 0 Å². The van der Waals surface area contributed by atoms with E-state index >= 15 is 0 Å². The molecule has 1 saturated heterocycles. The fraction of sp³-hybridized carbons (Fsp3) is 0.353. The van der Waals surface area contributed by atoms with Crippen molar-refractivity contribution in [2.45, 2.75) is 31.5 Å². The van der Waals surface area contributed by atoms with Crippen molar-refractivity contribution in [3.63, 3.8) is 0 Å². The number of aromatic nitrogens is 1. The first-order valence-corrected chi connectivity index (χ1v) is 7.11. The average Bonchev–Trinajstić information content (AvgIpc) is 3.05. The second-order valence-electron chi connectivity index (χ2n) is 5.93. The molecule has 2 atom stereocenters. The second-order valence-corrected chi connectivity index (χ2v) is 5.93. The Labute approximate surface area is 124 Å². The summed E-state index contributed by atoms with van der Waals surface area (Å²) in [6.07, 6.45) is 4.33. The molecule has 0 saturated carbocycles. The second kappa shape index (κ2) is 4.65. The standard InChI is InChI=1S/C17H20N2O2/c1-16(13-14-9-5-4-6-10-14)17(2,18(3)15(20)21-16)19-11-7-8-12-19/h4-12H,13H2,1-3H3. The third kappa shape index (κ3) is 1.94. The van der Waals surface area contributed by atoms with Crippen LogP contribution in [0.1, 0.15) is 19.4 Å². The molecule has 1 aliphatic heterocycles. The van der Waals surface area contributed by atoms with Gasteiger partial charge in [-0.2, -0.15) is 0 Å². The number of hydrogen-bond donors (Lipinski definition) is 0. The van der Waals surface area contributed by atoms with E-state index in [1.807, 2.05) is 61.1 Å². The van der Waals surface area contributed by atoms with Crippen molar-refractivity contribution in [2.75, 3.05) is 7.05 Å². The molecule has 0 aliphatic carbocycles. The zero-order chi connectivity index (χ0) is 15.1. The quantitative estimate of drug-likeness (QED) is 0.867. The summed E-state index contributed by atoms with van der Waals surface area (Å²) in [6, 6.07) is 14.1. The molecule has 0 bridgehead atoms. The highest BCUT2D eigenvalue weighted by atomic mass is 16.6. The number of carbonyl (C=O) groups excluding carboxylic acids is 1. The van der Waals surface area contributed by atoms with E-state index in [-0.39, 0.29) is 6.09 Å². The van der Waals surface area contributed by atoms with Crippen LogP contribution in [0.3, 0.4) is 0 Å². The zero-order valence-electron chi connectivity index (χ0n) is 12.6. The minimum atomic E-state index is -0.640. The Balaban J connectivity index is 2.05. The smallest absolute Gasteiger partial charge is 0.412 e. The van der Waals surface area contributed by atoms with E-state index in [1.165, 1.54) is 0 Å². The highest BCUT2D eigenvalue weighted by Gasteiger charge is 2.59. The lowest BCUT2D eigenvalue weighted by Crippen LogP contribution is -2.56. The molecule has 1 fully saturated rings. The van der Waals surface area contributed by atoms with E-state index in [9.17, 15) is 4.79 Å². The van der Waals surface area contributed by atoms with Gasteiger partial charge in [-0.1, -0.05) is 30.3 Å². The van der Waals surface area contributed by atoms with Crippen molar-refractivity contribution in [1.82, 2.24) is 9.47 Å². The first kappa shape index (κ1) is 13.7. The molecular formula is C17H20N2O2. The lowest BCUT2D eigenvalue weighted by molar-refractivity contribution is -0.0328. The van der Waals surface area contributed by atoms with Crippen molar-refractivity contribution in [3.8, 4) is 0 Å². The van der Waals surface area contributed by atoms with E-state index in [2.05, 4.69) is 12.1 Å². The highest BCUT2D eigenvalue weighted by molar-refractivity contribution is 5.71. The SMILES string of the molecule is CN1C(=O)OC(C)(Cc2ccccc2)C1(C)n1cccc1. The molecule has 4 heteroatoms. The normalized spacial score (nSPS) is 28.7. The highest BCUT2D eigenvalue weighted by Crippen LogP contribution is 2.44. The minimum absolute atomic E-state index is 0.287. The number of amides is 1. The van der Waals surface area contributed by atoms with Gasteiger partial charge in [0, 0.05) is 25.9 Å². The molecule has 1 aromatic carbocycles. The van der Waals surface area contributed by atoms with Gasteiger partial charge in [-0.15, -0.1) is 0 Å². The van der Waals surface area contributed by atoms with Gasteiger partial charge in [0.25, 0.3) is 0 Å². The minimum Gasteiger partial charge on any atom is -0.438 e. The van der Waals surface area contributed by atoms with Gasteiger partial charge < -0.3 is 9.30 Å². The molecule has 2 aromatic rings. The summed E-state index contributed by atoms with van der Waals surface area (Å²) < 4.78 is 7.81. The topological polar surface area (TPSA) is 34.5 Å². The average molecular weight is 284 g/mol. The maximum atomic E-state index is 12.2. The molecule has 110 valence electrons. The zero-order valence-corrected chi connectivity index (χ0v) is 12.6. The predicted octanol–water partition coefficient (Wildman–Crippen LogP) is 3.24. The van der Waals surface area contributed by atoms with Gasteiger partial charge >= 0.3 is 6.09 Å². The van der Waals surface area contributed by atoms with Crippen molar-refractivity contribution in [1.29, 1.82) is 0 Å². The summed E-state index contributed by atoms with van der Waals surface area (Å²) in [7, 11) is 1.79. The van der Waals surface area contributed by atoms with E-state index in [0.717, 1.165) is 5.56 Å². The van der Waals surface area contributed by atoms with Crippen LogP contribution in [0.2, 0.25) is 0 Å². The summed E-state index contributed by atoms with van der Waals surface area (Å²) in [4.78, 5) is 13.9. The molecular weight excluding hydrogens is 264 g/mol. The van der Waals surface area contributed by atoms with Crippen molar-refractivity contribution >= 4 is 6.09 Å². The lowest BCUT2D eigenvalue weighted by atomic mass is 9.84. The first-order valence-electron chi connectivity index (χ1n) is 7.11.